The second-order valence-electron chi connectivity index (χ2n) is 14.2. The molecule has 41 heavy (non-hydrogen) atoms. The van der Waals surface area contributed by atoms with Gasteiger partial charge in [-0.15, -0.1) is 0 Å². The first-order valence-corrected chi connectivity index (χ1v) is 15.9. The minimum absolute atomic E-state index is 0.0644. The summed E-state index contributed by atoms with van der Waals surface area (Å²) in [4.78, 5) is 43.2. The van der Waals surface area contributed by atoms with Gasteiger partial charge in [0, 0.05) is 31.1 Å². The zero-order valence-corrected chi connectivity index (χ0v) is 25.1. The molecule has 0 radical (unpaired) electrons. The summed E-state index contributed by atoms with van der Waals surface area (Å²) in [6.07, 6.45) is 10.2. The first-order valence-electron chi connectivity index (χ1n) is 15.9. The second kappa shape index (κ2) is 12.4. The third kappa shape index (κ3) is 6.95. The molecule has 3 aliphatic heterocycles. The maximum absolute atomic E-state index is 14.1. The average molecular weight is 569 g/mol. The van der Waals surface area contributed by atoms with Crippen LogP contribution >= 0.6 is 0 Å². The van der Waals surface area contributed by atoms with E-state index in [1.54, 1.807) is 12.1 Å². The van der Waals surface area contributed by atoms with E-state index in [1.165, 1.54) is 18.6 Å². The Morgan fingerprint density at radius 1 is 1.02 bits per heavy atom. The highest BCUT2D eigenvalue weighted by molar-refractivity contribution is 5.90. The van der Waals surface area contributed by atoms with Crippen molar-refractivity contribution in [3.8, 4) is 0 Å². The van der Waals surface area contributed by atoms with Crippen LogP contribution in [0.25, 0.3) is 0 Å². The van der Waals surface area contributed by atoms with Crippen molar-refractivity contribution in [3.05, 3.63) is 35.6 Å². The predicted octanol–water partition coefficient (Wildman–Crippen LogP) is 4.34. The number of rotatable bonds is 7. The van der Waals surface area contributed by atoms with Crippen molar-refractivity contribution in [3.63, 3.8) is 0 Å². The summed E-state index contributed by atoms with van der Waals surface area (Å²) in [6, 6.07) is 5.61. The van der Waals surface area contributed by atoms with Gasteiger partial charge in [-0.1, -0.05) is 31.4 Å². The van der Waals surface area contributed by atoms with Crippen molar-refractivity contribution in [2.24, 2.45) is 23.2 Å². The highest BCUT2D eigenvalue weighted by Crippen LogP contribution is 2.46. The number of hydrogen-bond donors (Lipinski definition) is 3. The summed E-state index contributed by atoms with van der Waals surface area (Å²) in [5, 5.41) is 9.90. The second-order valence-corrected chi connectivity index (χ2v) is 14.2. The topological polar surface area (TPSA) is 90.5 Å². The summed E-state index contributed by atoms with van der Waals surface area (Å²) >= 11 is 0. The van der Waals surface area contributed by atoms with Gasteiger partial charge in [0.15, 0.2) is 0 Å². The summed E-state index contributed by atoms with van der Waals surface area (Å²) in [5.41, 5.74) is 0.0306. The SMILES string of the molecule is CC(C)(C)NC(=O)C1(C2CCCCC2)CCN(C(=O)[C@@H](Cc2ccc(F)cc2)NC(=O)[C@H]2C[C@@H]3CC[C@@H]2NC3)CC1. The Balaban J connectivity index is 1.31. The van der Waals surface area contributed by atoms with Crippen LogP contribution in [0.15, 0.2) is 24.3 Å². The number of benzene rings is 1. The van der Waals surface area contributed by atoms with Crippen molar-refractivity contribution in [2.45, 2.75) is 109 Å². The van der Waals surface area contributed by atoms with E-state index in [2.05, 4.69) is 16.0 Å². The Labute approximate surface area is 244 Å². The van der Waals surface area contributed by atoms with Gasteiger partial charge in [0.2, 0.25) is 17.7 Å². The van der Waals surface area contributed by atoms with Crippen LogP contribution in [0, 0.1) is 29.0 Å². The zero-order valence-electron chi connectivity index (χ0n) is 25.1. The Kier molecular flexibility index (Phi) is 9.07. The van der Waals surface area contributed by atoms with Crippen molar-refractivity contribution in [1.82, 2.24) is 20.9 Å². The summed E-state index contributed by atoms with van der Waals surface area (Å²) in [7, 11) is 0. The minimum atomic E-state index is -0.723. The number of carbonyl (C=O) groups is 3. The number of piperidine rings is 3. The van der Waals surface area contributed by atoms with E-state index in [-0.39, 0.29) is 41.0 Å². The van der Waals surface area contributed by atoms with E-state index in [9.17, 15) is 18.8 Å². The first-order chi connectivity index (χ1) is 19.5. The fourth-order valence-electron chi connectivity index (χ4n) is 7.92. The molecule has 2 saturated carbocycles. The maximum atomic E-state index is 14.1. The lowest BCUT2D eigenvalue weighted by molar-refractivity contribution is -0.147. The van der Waals surface area contributed by atoms with Crippen LogP contribution in [0.5, 0.6) is 0 Å². The normalized spacial score (nSPS) is 27.2. The molecule has 1 aromatic carbocycles. The van der Waals surface area contributed by atoms with E-state index < -0.39 is 11.5 Å². The molecule has 6 rings (SSSR count). The molecule has 5 aliphatic rings. The van der Waals surface area contributed by atoms with Crippen LogP contribution < -0.4 is 16.0 Å². The number of hydrogen-bond acceptors (Lipinski definition) is 4. The van der Waals surface area contributed by atoms with E-state index in [1.807, 2.05) is 25.7 Å². The Hall–Kier alpha value is -2.48. The van der Waals surface area contributed by atoms with Crippen LogP contribution in [0.4, 0.5) is 4.39 Å². The lowest BCUT2D eigenvalue weighted by atomic mass is 9.63. The standard InChI is InChI=1S/C33H49FN4O3/c1-32(2,3)37-31(41)33(24-7-5-4-6-8-24)15-17-38(18-16-33)30(40)28(20-22-9-12-25(34)13-10-22)36-29(39)26-19-23-11-14-27(26)35-21-23/h9-10,12-13,23-24,26-28,35H,4-8,11,14-21H2,1-3H3,(H,36,39)(H,37,41)/t23-,26-,27-,28+/m0/s1. The molecule has 5 fully saturated rings. The molecular formula is C33H49FN4O3. The third-order valence-electron chi connectivity index (χ3n) is 10.2. The molecule has 2 bridgehead atoms. The number of likely N-dealkylation sites (tertiary alicyclic amines) is 1. The lowest BCUT2D eigenvalue weighted by Crippen LogP contribution is -2.60. The molecule has 3 heterocycles. The van der Waals surface area contributed by atoms with Crippen LogP contribution in [-0.2, 0) is 20.8 Å². The molecule has 0 spiro atoms. The highest BCUT2D eigenvalue weighted by Gasteiger charge is 2.49. The molecular weight excluding hydrogens is 519 g/mol. The fourth-order valence-corrected chi connectivity index (χ4v) is 7.92. The van der Waals surface area contributed by atoms with E-state index in [0.717, 1.165) is 57.1 Å². The molecule has 3 N–H and O–H groups in total. The van der Waals surface area contributed by atoms with Crippen LogP contribution in [0.2, 0.25) is 0 Å². The number of amides is 3. The van der Waals surface area contributed by atoms with Crippen LogP contribution in [-0.4, -0.2) is 59.9 Å². The van der Waals surface area contributed by atoms with Gasteiger partial charge >= 0.3 is 0 Å². The monoisotopic (exact) mass is 568 g/mol. The fraction of sp³-hybridized carbons (Fsp3) is 0.727. The van der Waals surface area contributed by atoms with Gasteiger partial charge < -0.3 is 20.9 Å². The molecule has 4 atom stereocenters. The number of nitrogens with one attached hydrogen (secondary N) is 3. The van der Waals surface area contributed by atoms with Crippen molar-refractivity contribution < 1.29 is 18.8 Å². The largest absolute Gasteiger partial charge is 0.351 e. The van der Waals surface area contributed by atoms with Crippen molar-refractivity contribution in [2.75, 3.05) is 19.6 Å². The molecule has 1 aromatic rings. The predicted molar refractivity (Wildman–Crippen MR) is 157 cm³/mol. The lowest BCUT2D eigenvalue weighted by Gasteiger charge is -2.48. The maximum Gasteiger partial charge on any atom is 0.245 e. The number of nitrogens with zero attached hydrogens (tertiary/aromatic N) is 1. The summed E-state index contributed by atoms with van der Waals surface area (Å²) < 4.78 is 13.6. The molecule has 3 amide bonds. The smallest absolute Gasteiger partial charge is 0.245 e. The van der Waals surface area contributed by atoms with Gasteiger partial charge in [-0.25, -0.2) is 4.39 Å². The van der Waals surface area contributed by atoms with Crippen LogP contribution in [0.3, 0.4) is 0 Å². The van der Waals surface area contributed by atoms with Gasteiger partial charge in [-0.2, -0.15) is 0 Å². The molecule has 8 heteroatoms. The van der Waals surface area contributed by atoms with E-state index >= 15 is 0 Å². The Bertz CT molecular complexity index is 1080. The van der Waals surface area contributed by atoms with Crippen molar-refractivity contribution in [1.29, 1.82) is 0 Å². The molecule has 0 aromatic heterocycles. The number of halogens is 1. The van der Waals surface area contributed by atoms with Gasteiger partial charge in [0.1, 0.15) is 11.9 Å². The quantitative estimate of drug-likeness (QED) is 0.456. The van der Waals surface area contributed by atoms with Gasteiger partial charge in [-0.05, 0) is 102 Å². The molecule has 0 unspecified atom stereocenters. The number of fused-ring (bicyclic) bond motifs is 3. The van der Waals surface area contributed by atoms with Crippen molar-refractivity contribution >= 4 is 17.7 Å². The molecule has 2 aliphatic carbocycles. The zero-order chi connectivity index (χ0) is 29.2. The van der Waals surface area contributed by atoms with Gasteiger partial charge in [-0.3, -0.25) is 14.4 Å². The minimum Gasteiger partial charge on any atom is -0.351 e. The van der Waals surface area contributed by atoms with Gasteiger partial charge in [0.25, 0.3) is 0 Å². The molecule has 3 saturated heterocycles. The van der Waals surface area contributed by atoms with E-state index in [4.69, 9.17) is 0 Å². The number of carbonyl (C=O) groups excluding carboxylic acids is 3. The average Bonchev–Trinajstić information content (AvgIpc) is 2.97. The highest BCUT2D eigenvalue weighted by atomic mass is 19.1. The molecule has 226 valence electrons. The summed E-state index contributed by atoms with van der Waals surface area (Å²) in [6.45, 7) is 8.03. The van der Waals surface area contributed by atoms with Crippen LogP contribution in [0.1, 0.15) is 90.5 Å². The first kappa shape index (κ1) is 30.0. The molecule has 7 nitrogen and oxygen atoms in total. The third-order valence-corrected chi connectivity index (χ3v) is 10.2. The Morgan fingerprint density at radius 2 is 1.71 bits per heavy atom. The van der Waals surface area contributed by atoms with E-state index in [0.29, 0.717) is 44.2 Å². The van der Waals surface area contributed by atoms with Gasteiger partial charge in [0.05, 0.1) is 11.3 Å². The Morgan fingerprint density at radius 3 is 2.27 bits per heavy atom. The summed E-state index contributed by atoms with van der Waals surface area (Å²) in [5.74, 6) is 0.340.